The molecule has 23 heavy (non-hydrogen) atoms. The van der Waals surface area contributed by atoms with Crippen LogP contribution in [0.15, 0.2) is 41.0 Å². The van der Waals surface area contributed by atoms with Gasteiger partial charge in [-0.2, -0.15) is 0 Å². The van der Waals surface area contributed by atoms with Crippen LogP contribution in [0, 0.1) is 0 Å². The third-order valence-electron chi connectivity index (χ3n) is 4.31. The van der Waals surface area contributed by atoms with Crippen molar-refractivity contribution in [2.75, 3.05) is 18.0 Å². The number of carbonyl (C=O) groups excluding carboxylic acids is 1. The zero-order valence-electron chi connectivity index (χ0n) is 13.4. The zero-order chi connectivity index (χ0) is 16.2. The molecule has 122 valence electrons. The summed E-state index contributed by atoms with van der Waals surface area (Å²) in [5.74, 6) is 0.464. The first kappa shape index (κ1) is 15.6. The number of anilines is 1. The molecule has 0 aliphatic carbocycles. The van der Waals surface area contributed by atoms with Gasteiger partial charge in [-0.25, -0.2) is 0 Å². The average molecular weight is 313 g/mol. The standard InChI is InChI=1S/C18H23N3O2/c1-13(20-18(22)15-10-17(11-19)23-12-15)14-5-4-6-16(9-14)21-7-2-3-8-21/h4-6,9-10,12-13H,2-3,7-8,11,19H2,1H3,(H,20,22). The van der Waals surface area contributed by atoms with Crippen molar-refractivity contribution in [2.24, 2.45) is 5.73 Å². The van der Waals surface area contributed by atoms with E-state index in [1.54, 1.807) is 6.07 Å². The van der Waals surface area contributed by atoms with E-state index in [0.717, 1.165) is 18.7 Å². The molecule has 0 saturated carbocycles. The summed E-state index contributed by atoms with van der Waals surface area (Å²) in [7, 11) is 0. The molecule has 1 amide bonds. The monoisotopic (exact) mass is 313 g/mol. The lowest BCUT2D eigenvalue weighted by atomic mass is 10.1. The van der Waals surface area contributed by atoms with Crippen LogP contribution in [0.1, 0.15) is 47.5 Å². The first-order chi connectivity index (χ1) is 11.2. The fourth-order valence-electron chi connectivity index (χ4n) is 2.94. The average Bonchev–Trinajstić information content (AvgIpc) is 3.26. The lowest BCUT2D eigenvalue weighted by Gasteiger charge is -2.20. The normalized spacial score (nSPS) is 15.7. The van der Waals surface area contributed by atoms with Crippen LogP contribution in [-0.2, 0) is 6.54 Å². The molecular formula is C18H23N3O2. The maximum Gasteiger partial charge on any atom is 0.255 e. The Hall–Kier alpha value is -2.27. The van der Waals surface area contributed by atoms with Gasteiger partial charge >= 0.3 is 0 Å². The summed E-state index contributed by atoms with van der Waals surface area (Å²) < 4.78 is 5.22. The Morgan fingerprint density at radius 3 is 2.83 bits per heavy atom. The minimum atomic E-state index is -0.146. The Labute approximate surface area is 136 Å². The first-order valence-corrected chi connectivity index (χ1v) is 8.10. The highest BCUT2D eigenvalue weighted by Crippen LogP contribution is 2.24. The van der Waals surface area contributed by atoms with Crippen molar-refractivity contribution >= 4 is 11.6 Å². The summed E-state index contributed by atoms with van der Waals surface area (Å²) in [5.41, 5.74) is 8.34. The maximum absolute atomic E-state index is 12.3. The molecule has 0 radical (unpaired) electrons. The third-order valence-corrected chi connectivity index (χ3v) is 4.31. The van der Waals surface area contributed by atoms with E-state index < -0.39 is 0 Å². The molecule has 3 rings (SSSR count). The number of hydrogen-bond donors (Lipinski definition) is 2. The van der Waals surface area contributed by atoms with Gasteiger partial charge in [-0.1, -0.05) is 12.1 Å². The lowest BCUT2D eigenvalue weighted by molar-refractivity contribution is 0.0939. The molecule has 5 nitrogen and oxygen atoms in total. The van der Waals surface area contributed by atoms with Crippen molar-refractivity contribution in [1.29, 1.82) is 0 Å². The second-order valence-electron chi connectivity index (χ2n) is 5.99. The lowest BCUT2D eigenvalue weighted by Crippen LogP contribution is -2.26. The molecule has 0 spiro atoms. The van der Waals surface area contributed by atoms with Gasteiger partial charge in [0.05, 0.1) is 18.2 Å². The number of rotatable bonds is 5. The van der Waals surface area contributed by atoms with Gasteiger partial charge in [0.1, 0.15) is 12.0 Å². The Kier molecular flexibility index (Phi) is 4.67. The highest BCUT2D eigenvalue weighted by molar-refractivity contribution is 5.94. The minimum absolute atomic E-state index is 0.0683. The summed E-state index contributed by atoms with van der Waals surface area (Å²) in [6.45, 7) is 4.51. The second-order valence-corrected chi connectivity index (χ2v) is 5.99. The smallest absolute Gasteiger partial charge is 0.255 e. The first-order valence-electron chi connectivity index (χ1n) is 8.10. The molecule has 1 unspecified atom stereocenters. The quantitative estimate of drug-likeness (QED) is 0.890. The maximum atomic E-state index is 12.3. The molecular weight excluding hydrogens is 290 g/mol. The number of nitrogens with two attached hydrogens (primary N) is 1. The highest BCUT2D eigenvalue weighted by Gasteiger charge is 2.16. The number of nitrogens with zero attached hydrogens (tertiary/aromatic N) is 1. The third kappa shape index (κ3) is 3.56. The molecule has 5 heteroatoms. The van der Waals surface area contributed by atoms with Crippen LogP contribution in [0.25, 0.3) is 0 Å². The summed E-state index contributed by atoms with van der Waals surface area (Å²) in [4.78, 5) is 14.7. The molecule has 1 saturated heterocycles. The van der Waals surface area contributed by atoms with Gasteiger partial charge < -0.3 is 20.4 Å². The second kappa shape index (κ2) is 6.87. The van der Waals surface area contributed by atoms with Crippen LogP contribution in [-0.4, -0.2) is 19.0 Å². The van der Waals surface area contributed by atoms with Crippen LogP contribution >= 0.6 is 0 Å². The fourth-order valence-corrected chi connectivity index (χ4v) is 2.94. The minimum Gasteiger partial charge on any atom is -0.467 e. The largest absolute Gasteiger partial charge is 0.467 e. The van der Waals surface area contributed by atoms with Gasteiger partial charge in [0.2, 0.25) is 0 Å². The van der Waals surface area contributed by atoms with E-state index in [2.05, 4.69) is 28.4 Å². The number of benzene rings is 1. The Morgan fingerprint density at radius 2 is 2.13 bits per heavy atom. The van der Waals surface area contributed by atoms with Crippen LogP contribution < -0.4 is 16.0 Å². The molecule has 3 N–H and O–H groups in total. The predicted molar refractivity (Wildman–Crippen MR) is 90.4 cm³/mol. The van der Waals surface area contributed by atoms with Gasteiger partial charge in [-0.05, 0) is 43.5 Å². The van der Waals surface area contributed by atoms with E-state index in [1.165, 1.54) is 24.8 Å². The van der Waals surface area contributed by atoms with Crippen molar-refractivity contribution in [3.05, 3.63) is 53.5 Å². The summed E-state index contributed by atoms with van der Waals surface area (Å²) >= 11 is 0. The Bertz CT molecular complexity index is 674. The Balaban J connectivity index is 1.68. The molecule has 1 aliphatic heterocycles. The van der Waals surface area contributed by atoms with E-state index in [9.17, 15) is 4.79 Å². The predicted octanol–water partition coefficient (Wildman–Crippen LogP) is 2.83. The molecule has 1 aromatic heterocycles. The molecule has 0 bridgehead atoms. The van der Waals surface area contributed by atoms with Gasteiger partial charge in [0.25, 0.3) is 5.91 Å². The van der Waals surface area contributed by atoms with Crippen LogP contribution in [0.5, 0.6) is 0 Å². The van der Waals surface area contributed by atoms with E-state index in [1.807, 2.05) is 13.0 Å². The summed E-state index contributed by atoms with van der Waals surface area (Å²) in [5, 5.41) is 3.01. The van der Waals surface area contributed by atoms with Crippen molar-refractivity contribution < 1.29 is 9.21 Å². The van der Waals surface area contributed by atoms with Gasteiger partial charge in [-0.15, -0.1) is 0 Å². The van der Waals surface area contributed by atoms with Gasteiger partial charge in [-0.3, -0.25) is 4.79 Å². The topological polar surface area (TPSA) is 71.5 Å². The van der Waals surface area contributed by atoms with E-state index in [0.29, 0.717) is 17.9 Å². The van der Waals surface area contributed by atoms with Crippen molar-refractivity contribution in [2.45, 2.75) is 32.4 Å². The number of nitrogens with one attached hydrogen (secondary N) is 1. The number of hydrogen-bond acceptors (Lipinski definition) is 4. The van der Waals surface area contributed by atoms with Crippen molar-refractivity contribution in [3.8, 4) is 0 Å². The van der Waals surface area contributed by atoms with E-state index in [4.69, 9.17) is 10.2 Å². The van der Waals surface area contributed by atoms with E-state index >= 15 is 0 Å². The molecule has 1 atom stereocenters. The van der Waals surface area contributed by atoms with Crippen LogP contribution in [0.3, 0.4) is 0 Å². The molecule has 2 aromatic rings. The highest BCUT2D eigenvalue weighted by atomic mass is 16.3. The number of furan rings is 1. The molecule has 1 fully saturated rings. The fraction of sp³-hybridized carbons (Fsp3) is 0.389. The van der Waals surface area contributed by atoms with Gasteiger partial charge in [0.15, 0.2) is 0 Å². The van der Waals surface area contributed by atoms with Crippen LogP contribution in [0.2, 0.25) is 0 Å². The molecule has 2 heterocycles. The summed E-state index contributed by atoms with van der Waals surface area (Å²) in [6, 6.07) is 10.0. The van der Waals surface area contributed by atoms with Crippen LogP contribution in [0.4, 0.5) is 5.69 Å². The van der Waals surface area contributed by atoms with Gasteiger partial charge in [0, 0.05) is 18.8 Å². The Morgan fingerprint density at radius 1 is 1.35 bits per heavy atom. The van der Waals surface area contributed by atoms with Crippen molar-refractivity contribution in [3.63, 3.8) is 0 Å². The molecule has 1 aliphatic rings. The number of amides is 1. The summed E-state index contributed by atoms with van der Waals surface area (Å²) in [6.07, 6.45) is 3.95. The van der Waals surface area contributed by atoms with E-state index in [-0.39, 0.29) is 11.9 Å². The number of carbonyl (C=O) groups is 1. The zero-order valence-corrected chi connectivity index (χ0v) is 13.4. The van der Waals surface area contributed by atoms with Crippen molar-refractivity contribution in [1.82, 2.24) is 5.32 Å². The molecule has 1 aromatic carbocycles. The SMILES string of the molecule is CC(NC(=O)c1coc(CN)c1)c1cccc(N2CCCC2)c1.